The van der Waals surface area contributed by atoms with E-state index in [1.165, 1.54) is 6.21 Å². The van der Waals surface area contributed by atoms with Crippen molar-refractivity contribution in [2.45, 2.75) is 6.92 Å². The van der Waals surface area contributed by atoms with Crippen molar-refractivity contribution >= 4 is 23.7 Å². The van der Waals surface area contributed by atoms with Gasteiger partial charge in [0.25, 0.3) is 0 Å². The molecule has 0 atom stereocenters. The van der Waals surface area contributed by atoms with E-state index >= 15 is 0 Å². The molecule has 0 saturated carbocycles. The minimum absolute atomic E-state index is 0.392. The highest BCUT2D eigenvalue weighted by molar-refractivity contribution is 6.39. The second kappa shape index (κ2) is 10.4. The van der Waals surface area contributed by atoms with Crippen LogP contribution in [0.3, 0.4) is 0 Å². The van der Waals surface area contributed by atoms with Crippen LogP contribution in [-0.4, -0.2) is 31.2 Å². The van der Waals surface area contributed by atoms with Gasteiger partial charge in [0.15, 0.2) is 0 Å². The molecular weight excluding hydrogens is 346 g/mol. The smallest absolute Gasteiger partial charge is 0.329 e. The monoisotopic (exact) mass is 367 g/mol. The van der Waals surface area contributed by atoms with Crippen LogP contribution in [0.25, 0.3) is 0 Å². The molecule has 0 aliphatic heterocycles. The normalized spacial score (nSPS) is 10.3. The Kier molecular flexibility index (Phi) is 7.59. The zero-order valence-electron chi connectivity index (χ0n) is 15.0. The minimum atomic E-state index is -0.876. The molecule has 2 N–H and O–H groups in total. The Hall–Kier alpha value is -3.61. The highest BCUT2D eigenvalue weighted by Gasteiger charge is 2.12. The number of amides is 2. The highest BCUT2D eigenvalue weighted by Crippen LogP contribution is 2.15. The van der Waals surface area contributed by atoms with Gasteiger partial charge in [-0.05, 0) is 48.9 Å². The Morgan fingerprint density at radius 3 is 2.56 bits per heavy atom. The van der Waals surface area contributed by atoms with E-state index in [2.05, 4.69) is 22.4 Å². The number of nitrogens with zero attached hydrogens (tertiary/aromatic N) is 1. The van der Waals surface area contributed by atoms with E-state index in [1.807, 2.05) is 6.92 Å². The molecule has 0 fully saturated rings. The third-order valence-electron chi connectivity index (χ3n) is 3.24. The fraction of sp³-hybridized carbons (Fsp3) is 0.150. The number of carbonyl (C=O) groups excluding carboxylic acids is 2. The molecule has 2 aromatic rings. The average Bonchev–Trinajstić information content (AvgIpc) is 2.68. The van der Waals surface area contributed by atoms with Gasteiger partial charge in [0.05, 0.1) is 12.8 Å². The van der Waals surface area contributed by atoms with E-state index in [0.717, 1.165) is 0 Å². The largest absolute Gasteiger partial charge is 0.494 e. The first-order chi connectivity index (χ1) is 13.1. The number of rotatable bonds is 8. The van der Waals surface area contributed by atoms with Crippen LogP contribution in [0.4, 0.5) is 5.69 Å². The van der Waals surface area contributed by atoms with Crippen LogP contribution >= 0.6 is 0 Å². The van der Waals surface area contributed by atoms with Gasteiger partial charge in [0.2, 0.25) is 0 Å². The van der Waals surface area contributed by atoms with E-state index in [0.29, 0.717) is 36.0 Å². The lowest BCUT2D eigenvalue weighted by Crippen LogP contribution is -2.32. The zero-order chi connectivity index (χ0) is 19.5. The Labute approximate surface area is 157 Å². The Morgan fingerprint density at radius 2 is 1.85 bits per heavy atom. The van der Waals surface area contributed by atoms with Gasteiger partial charge in [0.1, 0.15) is 18.1 Å². The van der Waals surface area contributed by atoms with E-state index in [4.69, 9.17) is 9.47 Å². The van der Waals surface area contributed by atoms with Gasteiger partial charge in [-0.15, -0.1) is 0 Å². The molecule has 2 amide bonds. The fourth-order valence-electron chi connectivity index (χ4n) is 2.05. The third-order valence-corrected chi connectivity index (χ3v) is 3.24. The minimum Gasteiger partial charge on any atom is -0.494 e. The first-order valence-electron chi connectivity index (χ1n) is 8.33. The van der Waals surface area contributed by atoms with Gasteiger partial charge in [0, 0.05) is 5.69 Å². The van der Waals surface area contributed by atoms with Gasteiger partial charge < -0.3 is 14.8 Å². The molecule has 0 spiro atoms. The van der Waals surface area contributed by atoms with Crippen molar-refractivity contribution in [3.63, 3.8) is 0 Å². The average molecular weight is 367 g/mol. The first-order valence-corrected chi connectivity index (χ1v) is 8.33. The standard InChI is InChI=1S/C20H21N3O4/c1-3-12-27-18-7-5-6-15(13-18)14-21-23-20(25)19(24)22-16-8-10-17(11-9-16)26-4-2/h3,5-11,13-14H,1,4,12H2,2H3,(H,22,24)(H,23,25)/b21-14-. The number of benzene rings is 2. The van der Waals surface area contributed by atoms with Crippen LogP contribution in [0, 0.1) is 0 Å². The lowest BCUT2D eigenvalue weighted by atomic mass is 10.2. The predicted molar refractivity (Wildman–Crippen MR) is 104 cm³/mol. The van der Waals surface area contributed by atoms with Crippen LogP contribution in [-0.2, 0) is 9.59 Å². The lowest BCUT2D eigenvalue weighted by Gasteiger charge is -2.06. The van der Waals surface area contributed by atoms with Gasteiger partial charge >= 0.3 is 11.8 Å². The number of anilines is 1. The number of nitrogens with one attached hydrogen (secondary N) is 2. The van der Waals surface area contributed by atoms with Crippen molar-refractivity contribution in [3.05, 3.63) is 66.7 Å². The molecule has 7 heteroatoms. The summed E-state index contributed by atoms with van der Waals surface area (Å²) in [5.41, 5.74) is 3.38. The predicted octanol–water partition coefficient (Wildman–Crippen LogP) is 2.74. The molecule has 7 nitrogen and oxygen atoms in total. The quantitative estimate of drug-likeness (QED) is 0.325. The summed E-state index contributed by atoms with van der Waals surface area (Å²) in [6.45, 7) is 6.41. The van der Waals surface area contributed by atoms with Gasteiger partial charge in [-0.3, -0.25) is 9.59 Å². The molecule has 0 radical (unpaired) electrons. The molecule has 0 saturated heterocycles. The number of hydrazone groups is 1. The van der Waals surface area contributed by atoms with Crippen molar-refractivity contribution in [1.29, 1.82) is 0 Å². The van der Waals surface area contributed by atoms with Crippen molar-refractivity contribution in [2.75, 3.05) is 18.5 Å². The molecule has 0 aliphatic carbocycles. The van der Waals surface area contributed by atoms with E-state index in [1.54, 1.807) is 54.6 Å². The summed E-state index contributed by atoms with van der Waals surface area (Å²) in [6.07, 6.45) is 3.06. The fourth-order valence-corrected chi connectivity index (χ4v) is 2.05. The number of hydrogen-bond acceptors (Lipinski definition) is 5. The summed E-state index contributed by atoms with van der Waals surface area (Å²) in [6, 6.07) is 13.8. The topological polar surface area (TPSA) is 89.0 Å². The zero-order valence-corrected chi connectivity index (χ0v) is 15.0. The Balaban J connectivity index is 1.86. The van der Waals surface area contributed by atoms with Crippen LogP contribution in [0.1, 0.15) is 12.5 Å². The van der Waals surface area contributed by atoms with E-state index in [9.17, 15) is 9.59 Å². The second-order valence-electron chi connectivity index (χ2n) is 5.28. The van der Waals surface area contributed by atoms with Crippen molar-refractivity contribution < 1.29 is 19.1 Å². The number of hydrogen-bond donors (Lipinski definition) is 2. The Morgan fingerprint density at radius 1 is 1.07 bits per heavy atom. The van der Waals surface area contributed by atoms with Gasteiger partial charge in [-0.1, -0.05) is 24.8 Å². The maximum atomic E-state index is 11.9. The molecule has 2 aromatic carbocycles. The summed E-state index contributed by atoms with van der Waals surface area (Å²) >= 11 is 0. The molecular formula is C20H21N3O4. The van der Waals surface area contributed by atoms with E-state index in [-0.39, 0.29) is 0 Å². The summed E-state index contributed by atoms with van der Waals surface area (Å²) < 4.78 is 10.7. The summed E-state index contributed by atoms with van der Waals surface area (Å²) in [5, 5.41) is 6.27. The molecule has 2 rings (SSSR count). The Bertz CT molecular complexity index is 816. The third kappa shape index (κ3) is 6.66. The molecule has 27 heavy (non-hydrogen) atoms. The van der Waals surface area contributed by atoms with E-state index < -0.39 is 11.8 Å². The van der Waals surface area contributed by atoms with Gasteiger partial charge in [-0.2, -0.15) is 5.10 Å². The van der Waals surface area contributed by atoms with Crippen molar-refractivity contribution in [3.8, 4) is 11.5 Å². The maximum Gasteiger partial charge on any atom is 0.329 e. The number of carbonyl (C=O) groups is 2. The molecule has 0 aromatic heterocycles. The molecule has 0 unspecified atom stereocenters. The maximum absolute atomic E-state index is 11.9. The summed E-state index contributed by atoms with van der Waals surface area (Å²) in [4.78, 5) is 23.7. The molecule has 0 aliphatic rings. The van der Waals surface area contributed by atoms with Crippen LogP contribution in [0.15, 0.2) is 66.3 Å². The molecule has 0 bridgehead atoms. The molecule has 140 valence electrons. The SMILES string of the molecule is C=CCOc1cccc(/C=N\NC(=O)C(=O)Nc2ccc(OCC)cc2)c1. The van der Waals surface area contributed by atoms with Crippen LogP contribution in [0.2, 0.25) is 0 Å². The van der Waals surface area contributed by atoms with Gasteiger partial charge in [-0.25, -0.2) is 5.43 Å². The van der Waals surface area contributed by atoms with Crippen molar-refractivity contribution in [1.82, 2.24) is 5.43 Å². The molecule has 0 heterocycles. The summed E-state index contributed by atoms with van der Waals surface area (Å²) in [7, 11) is 0. The van der Waals surface area contributed by atoms with Crippen LogP contribution in [0.5, 0.6) is 11.5 Å². The lowest BCUT2D eigenvalue weighted by molar-refractivity contribution is -0.136. The summed E-state index contributed by atoms with van der Waals surface area (Å²) in [5.74, 6) is -0.360. The second-order valence-corrected chi connectivity index (χ2v) is 5.28. The highest BCUT2D eigenvalue weighted by atomic mass is 16.5. The van der Waals surface area contributed by atoms with Crippen LogP contribution < -0.4 is 20.2 Å². The first kappa shape index (κ1) is 19.7. The number of ether oxygens (including phenoxy) is 2. The van der Waals surface area contributed by atoms with Crippen molar-refractivity contribution in [2.24, 2.45) is 5.10 Å².